The molecule has 0 radical (unpaired) electrons. The van der Waals surface area contributed by atoms with Gasteiger partial charge in [0.1, 0.15) is 5.75 Å². The maximum absolute atomic E-state index is 5.51. The average molecular weight is 373 g/mol. The van der Waals surface area contributed by atoms with Crippen LogP contribution >= 0.6 is 11.3 Å². The monoisotopic (exact) mass is 373 g/mol. The van der Waals surface area contributed by atoms with Gasteiger partial charge in [-0.2, -0.15) is 5.10 Å². The lowest BCUT2D eigenvalue weighted by Gasteiger charge is -2.08. The number of anilines is 1. The van der Waals surface area contributed by atoms with Crippen molar-refractivity contribution in [2.24, 2.45) is 5.10 Å². The topological polar surface area (TPSA) is 46.5 Å². The first-order chi connectivity index (χ1) is 13.3. The first-order valence-corrected chi connectivity index (χ1v) is 9.45. The number of nitrogens with one attached hydrogen (secondary N) is 1. The predicted molar refractivity (Wildman–Crippen MR) is 114 cm³/mol. The van der Waals surface area contributed by atoms with Crippen LogP contribution in [0.3, 0.4) is 0 Å². The Balaban J connectivity index is 1.61. The number of nitrogens with zero attached hydrogens (tertiary/aromatic N) is 2. The smallest absolute Gasteiger partial charge is 0.204 e. The van der Waals surface area contributed by atoms with Crippen molar-refractivity contribution in [2.75, 3.05) is 12.5 Å². The molecule has 4 nitrogen and oxygen atoms in total. The summed E-state index contributed by atoms with van der Waals surface area (Å²) in [6.45, 7) is 2.07. The number of ether oxygens (including phenoxy) is 1. The molecule has 134 valence electrons. The minimum atomic E-state index is 0.766. The van der Waals surface area contributed by atoms with Crippen molar-refractivity contribution in [3.63, 3.8) is 0 Å². The molecule has 1 aromatic heterocycles. The van der Waals surface area contributed by atoms with Crippen molar-refractivity contribution in [2.45, 2.75) is 6.92 Å². The zero-order valence-electron chi connectivity index (χ0n) is 15.1. The molecule has 5 heteroatoms. The first-order valence-electron chi connectivity index (χ1n) is 8.64. The van der Waals surface area contributed by atoms with Gasteiger partial charge in [-0.15, -0.1) is 11.3 Å². The maximum Gasteiger partial charge on any atom is 0.204 e. The van der Waals surface area contributed by atoms with E-state index >= 15 is 0 Å². The molecule has 0 aliphatic heterocycles. The third-order valence-electron chi connectivity index (χ3n) is 4.35. The molecule has 0 spiro atoms. The number of hydrogen-bond donors (Lipinski definition) is 1. The molecule has 27 heavy (non-hydrogen) atoms. The minimum Gasteiger partial charge on any atom is -0.496 e. The fourth-order valence-electron chi connectivity index (χ4n) is 3.05. The summed E-state index contributed by atoms with van der Waals surface area (Å²) in [4.78, 5) is 5.83. The molecule has 0 saturated heterocycles. The van der Waals surface area contributed by atoms with Crippen LogP contribution in [0.25, 0.3) is 22.0 Å². The third kappa shape index (κ3) is 3.55. The molecule has 0 aliphatic carbocycles. The van der Waals surface area contributed by atoms with Crippen molar-refractivity contribution in [1.82, 2.24) is 4.98 Å². The van der Waals surface area contributed by atoms with Crippen molar-refractivity contribution in [3.8, 4) is 17.0 Å². The number of aryl methyl sites for hydroxylation is 1. The number of fused-ring (bicyclic) bond motifs is 1. The van der Waals surface area contributed by atoms with Crippen molar-refractivity contribution in [3.05, 3.63) is 77.2 Å². The largest absolute Gasteiger partial charge is 0.496 e. The van der Waals surface area contributed by atoms with Crippen molar-refractivity contribution >= 4 is 33.5 Å². The summed E-state index contributed by atoms with van der Waals surface area (Å²) in [5.41, 5.74) is 6.10. The summed E-state index contributed by atoms with van der Waals surface area (Å²) < 4.78 is 5.51. The zero-order chi connectivity index (χ0) is 18.6. The lowest BCUT2D eigenvalue weighted by Crippen LogP contribution is -1.95. The van der Waals surface area contributed by atoms with Crippen LogP contribution in [0.4, 0.5) is 5.13 Å². The van der Waals surface area contributed by atoms with Gasteiger partial charge in [-0.1, -0.05) is 60.7 Å². The normalized spacial score (nSPS) is 11.2. The minimum absolute atomic E-state index is 0.766. The standard InChI is InChI=1S/C22H19N3OS/c1-15-21(17-9-4-3-5-10-17)24-22(27-15)25-23-14-19-18-11-7-6-8-16(18)12-13-20(19)26-2/h3-14H,1-2H3,(H,24,25)/b23-14+. The first kappa shape index (κ1) is 17.2. The van der Waals surface area contributed by atoms with Gasteiger partial charge in [-0.25, -0.2) is 4.98 Å². The fourth-order valence-corrected chi connectivity index (χ4v) is 3.83. The van der Waals surface area contributed by atoms with Crippen LogP contribution in [0.15, 0.2) is 71.8 Å². The second-order valence-electron chi connectivity index (χ2n) is 6.06. The van der Waals surface area contributed by atoms with E-state index in [0.717, 1.165) is 43.4 Å². The summed E-state index contributed by atoms with van der Waals surface area (Å²) in [6, 6.07) is 22.4. The van der Waals surface area contributed by atoms with Crippen LogP contribution in [0.1, 0.15) is 10.4 Å². The summed E-state index contributed by atoms with van der Waals surface area (Å²) >= 11 is 1.59. The summed E-state index contributed by atoms with van der Waals surface area (Å²) in [5, 5.41) is 7.43. The van der Waals surface area contributed by atoms with E-state index in [-0.39, 0.29) is 0 Å². The molecule has 0 amide bonds. The van der Waals surface area contributed by atoms with Gasteiger partial charge in [0, 0.05) is 16.0 Å². The number of rotatable bonds is 5. The molecule has 0 unspecified atom stereocenters. The lowest BCUT2D eigenvalue weighted by atomic mass is 10.0. The zero-order valence-corrected chi connectivity index (χ0v) is 16.0. The van der Waals surface area contributed by atoms with Gasteiger partial charge in [0.2, 0.25) is 5.13 Å². The highest BCUT2D eigenvalue weighted by Gasteiger charge is 2.09. The van der Waals surface area contributed by atoms with Gasteiger partial charge >= 0.3 is 0 Å². The Hall–Kier alpha value is -3.18. The molecule has 0 atom stereocenters. The van der Waals surface area contributed by atoms with Crippen LogP contribution in [0.2, 0.25) is 0 Å². The Morgan fingerprint density at radius 1 is 1.00 bits per heavy atom. The number of benzene rings is 3. The highest BCUT2D eigenvalue weighted by atomic mass is 32.1. The molecule has 0 fully saturated rings. The van der Waals surface area contributed by atoms with E-state index in [1.54, 1.807) is 24.7 Å². The summed E-state index contributed by atoms with van der Waals surface area (Å²) in [6.07, 6.45) is 1.79. The second-order valence-corrected chi connectivity index (χ2v) is 7.27. The number of methoxy groups -OCH3 is 1. The van der Waals surface area contributed by atoms with E-state index < -0.39 is 0 Å². The average Bonchev–Trinajstić information content (AvgIpc) is 3.09. The van der Waals surface area contributed by atoms with Gasteiger partial charge in [0.05, 0.1) is 19.0 Å². The van der Waals surface area contributed by atoms with Gasteiger partial charge in [-0.3, -0.25) is 5.43 Å². The SMILES string of the molecule is COc1ccc2ccccc2c1/C=N/Nc1nc(-c2ccccc2)c(C)s1. The van der Waals surface area contributed by atoms with Gasteiger partial charge in [0.15, 0.2) is 0 Å². The molecule has 0 bridgehead atoms. The third-order valence-corrected chi connectivity index (χ3v) is 5.22. The molecule has 4 aromatic rings. The van der Waals surface area contributed by atoms with E-state index in [1.165, 1.54) is 0 Å². The van der Waals surface area contributed by atoms with Crippen LogP contribution in [-0.2, 0) is 0 Å². The van der Waals surface area contributed by atoms with Gasteiger partial charge in [-0.05, 0) is 23.8 Å². The molecule has 1 heterocycles. The number of hydrogen-bond acceptors (Lipinski definition) is 5. The van der Waals surface area contributed by atoms with Crippen molar-refractivity contribution in [1.29, 1.82) is 0 Å². The molecule has 0 saturated carbocycles. The predicted octanol–water partition coefficient (Wildman–Crippen LogP) is 5.73. The molecule has 3 aromatic carbocycles. The number of hydrazone groups is 1. The van der Waals surface area contributed by atoms with Gasteiger partial charge < -0.3 is 4.74 Å². The van der Waals surface area contributed by atoms with Crippen LogP contribution in [0, 0.1) is 6.92 Å². The van der Waals surface area contributed by atoms with E-state index in [9.17, 15) is 0 Å². The Morgan fingerprint density at radius 2 is 1.78 bits per heavy atom. The number of aromatic nitrogens is 1. The summed E-state index contributed by atoms with van der Waals surface area (Å²) in [5.74, 6) is 0.791. The molecular weight excluding hydrogens is 354 g/mol. The summed E-state index contributed by atoms with van der Waals surface area (Å²) in [7, 11) is 1.67. The van der Waals surface area contributed by atoms with E-state index in [0.29, 0.717) is 0 Å². The molecule has 0 aliphatic rings. The van der Waals surface area contributed by atoms with Crippen LogP contribution in [-0.4, -0.2) is 18.3 Å². The van der Waals surface area contributed by atoms with E-state index in [2.05, 4.69) is 52.8 Å². The lowest BCUT2D eigenvalue weighted by molar-refractivity contribution is 0.415. The maximum atomic E-state index is 5.51. The highest BCUT2D eigenvalue weighted by molar-refractivity contribution is 7.15. The van der Waals surface area contributed by atoms with E-state index in [4.69, 9.17) is 4.74 Å². The quantitative estimate of drug-likeness (QED) is 0.359. The number of thiazole rings is 1. The molecular formula is C22H19N3OS. The second kappa shape index (κ2) is 7.60. The van der Waals surface area contributed by atoms with Crippen LogP contribution < -0.4 is 10.2 Å². The van der Waals surface area contributed by atoms with Crippen molar-refractivity contribution < 1.29 is 4.74 Å². The fraction of sp³-hybridized carbons (Fsp3) is 0.0909. The Morgan fingerprint density at radius 3 is 2.59 bits per heavy atom. The molecule has 4 rings (SSSR count). The van der Waals surface area contributed by atoms with Crippen LogP contribution in [0.5, 0.6) is 5.75 Å². The Labute approximate surface area is 162 Å². The Bertz CT molecular complexity index is 1100. The highest BCUT2D eigenvalue weighted by Crippen LogP contribution is 2.30. The Kier molecular flexibility index (Phi) is 4.85. The molecule has 1 N–H and O–H groups in total. The van der Waals surface area contributed by atoms with E-state index in [1.807, 2.05) is 36.4 Å². The van der Waals surface area contributed by atoms with Gasteiger partial charge in [0.25, 0.3) is 0 Å².